The number of hydrogen-bond acceptors (Lipinski definition) is 3. The van der Waals surface area contributed by atoms with E-state index in [0.717, 1.165) is 5.56 Å². The Kier molecular flexibility index (Phi) is 6.19. The van der Waals surface area contributed by atoms with Crippen molar-refractivity contribution in [1.29, 1.82) is 0 Å². The van der Waals surface area contributed by atoms with Gasteiger partial charge in [0.05, 0.1) is 4.90 Å². The number of benzene rings is 2. The Morgan fingerprint density at radius 1 is 1.19 bits per heavy atom. The lowest BCUT2D eigenvalue weighted by Crippen LogP contribution is -2.48. The highest BCUT2D eigenvalue weighted by atomic mass is 35.5. The summed E-state index contributed by atoms with van der Waals surface area (Å²) in [5.41, 5.74) is 1.06. The van der Waals surface area contributed by atoms with Gasteiger partial charge in [-0.1, -0.05) is 41.9 Å². The summed E-state index contributed by atoms with van der Waals surface area (Å²) < 4.78 is 27.1. The van der Waals surface area contributed by atoms with E-state index in [9.17, 15) is 13.2 Å². The van der Waals surface area contributed by atoms with Crippen molar-refractivity contribution in [2.75, 3.05) is 6.54 Å². The molecule has 3 rings (SSSR count). The first kappa shape index (κ1) is 19.9. The van der Waals surface area contributed by atoms with Crippen LogP contribution in [0.2, 0.25) is 5.02 Å². The zero-order valence-corrected chi connectivity index (χ0v) is 16.7. The average Bonchev–Trinajstić information content (AvgIpc) is 3.15. The van der Waals surface area contributed by atoms with E-state index in [-0.39, 0.29) is 16.8 Å². The number of carbonyl (C=O) groups is 1. The zero-order chi connectivity index (χ0) is 19.4. The van der Waals surface area contributed by atoms with Crippen molar-refractivity contribution < 1.29 is 13.2 Å². The van der Waals surface area contributed by atoms with Crippen molar-refractivity contribution in [3.8, 4) is 0 Å². The summed E-state index contributed by atoms with van der Waals surface area (Å²) in [5, 5.41) is 3.63. The topological polar surface area (TPSA) is 66.5 Å². The minimum atomic E-state index is -3.67. The first-order valence-electron chi connectivity index (χ1n) is 8.99. The van der Waals surface area contributed by atoms with Gasteiger partial charge >= 0.3 is 0 Å². The third-order valence-electron chi connectivity index (χ3n) is 4.70. The van der Waals surface area contributed by atoms with Gasteiger partial charge in [-0.3, -0.25) is 4.79 Å². The molecule has 0 saturated carbocycles. The minimum absolute atomic E-state index is 0.111. The molecular formula is C20H23ClN2O3S. The highest BCUT2D eigenvalue weighted by Gasteiger charge is 2.39. The molecule has 0 radical (unpaired) electrons. The van der Waals surface area contributed by atoms with Crippen LogP contribution in [0.15, 0.2) is 59.5 Å². The van der Waals surface area contributed by atoms with E-state index in [4.69, 9.17) is 11.6 Å². The van der Waals surface area contributed by atoms with Crippen molar-refractivity contribution in [2.45, 2.75) is 43.2 Å². The summed E-state index contributed by atoms with van der Waals surface area (Å²) in [4.78, 5) is 13.0. The SMILES string of the molecule is C[C@@H](Cc1ccc(Cl)cc1)NC(=O)[C@H]1CCCN1S(=O)(=O)c1ccccc1. The van der Waals surface area contributed by atoms with Gasteiger partial charge in [-0.15, -0.1) is 0 Å². The van der Waals surface area contributed by atoms with Crippen LogP contribution in [0.1, 0.15) is 25.3 Å². The number of halogens is 1. The van der Waals surface area contributed by atoms with Gasteiger partial charge < -0.3 is 5.32 Å². The monoisotopic (exact) mass is 406 g/mol. The van der Waals surface area contributed by atoms with Crippen LogP contribution in [0, 0.1) is 0 Å². The summed E-state index contributed by atoms with van der Waals surface area (Å²) in [6, 6.07) is 15.0. The minimum Gasteiger partial charge on any atom is -0.352 e. The smallest absolute Gasteiger partial charge is 0.243 e. The maximum Gasteiger partial charge on any atom is 0.243 e. The van der Waals surface area contributed by atoms with Gasteiger partial charge in [0.2, 0.25) is 15.9 Å². The lowest BCUT2D eigenvalue weighted by Gasteiger charge is -2.25. The molecule has 0 bridgehead atoms. The van der Waals surface area contributed by atoms with Crippen LogP contribution in [0.3, 0.4) is 0 Å². The molecule has 1 heterocycles. The molecule has 0 aliphatic carbocycles. The largest absolute Gasteiger partial charge is 0.352 e. The number of nitrogens with one attached hydrogen (secondary N) is 1. The van der Waals surface area contributed by atoms with Crippen molar-refractivity contribution in [2.24, 2.45) is 0 Å². The summed E-state index contributed by atoms with van der Waals surface area (Å²) in [6.07, 6.45) is 1.86. The first-order valence-corrected chi connectivity index (χ1v) is 10.8. The molecule has 144 valence electrons. The van der Waals surface area contributed by atoms with E-state index in [0.29, 0.717) is 30.8 Å². The predicted molar refractivity (Wildman–Crippen MR) is 106 cm³/mol. The number of nitrogens with zero attached hydrogens (tertiary/aromatic N) is 1. The second-order valence-corrected chi connectivity index (χ2v) is 9.15. The van der Waals surface area contributed by atoms with E-state index >= 15 is 0 Å². The summed E-state index contributed by atoms with van der Waals surface area (Å²) >= 11 is 5.90. The van der Waals surface area contributed by atoms with Gasteiger partial charge in [0.25, 0.3) is 0 Å². The standard InChI is InChI=1S/C20H23ClN2O3S/c1-15(14-16-9-11-17(21)12-10-16)22-20(24)19-8-5-13-23(19)27(25,26)18-6-3-2-4-7-18/h2-4,6-7,9-12,15,19H,5,8,13-14H2,1H3,(H,22,24)/t15-,19+/m0/s1. The molecule has 0 spiro atoms. The number of amides is 1. The molecule has 1 aliphatic rings. The highest BCUT2D eigenvalue weighted by Crippen LogP contribution is 2.26. The fraction of sp³-hybridized carbons (Fsp3) is 0.350. The molecule has 1 saturated heterocycles. The van der Waals surface area contributed by atoms with E-state index in [1.165, 1.54) is 4.31 Å². The second-order valence-electron chi connectivity index (χ2n) is 6.83. The van der Waals surface area contributed by atoms with Gasteiger partial charge in [-0.05, 0) is 56.0 Å². The van der Waals surface area contributed by atoms with Crippen molar-refractivity contribution in [3.05, 3.63) is 65.2 Å². The molecule has 2 aromatic carbocycles. The second kappa shape index (κ2) is 8.42. The maximum atomic E-state index is 12.9. The Hall–Kier alpha value is -1.89. The Morgan fingerprint density at radius 3 is 2.52 bits per heavy atom. The first-order chi connectivity index (χ1) is 12.9. The molecule has 27 heavy (non-hydrogen) atoms. The van der Waals surface area contributed by atoms with Crippen LogP contribution in [0.5, 0.6) is 0 Å². The Balaban J connectivity index is 1.67. The predicted octanol–water partition coefficient (Wildman–Crippen LogP) is 3.24. The number of rotatable bonds is 6. The maximum absolute atomic E-state index is 12.9. The fourth-order valence-corrected chi connectivity index (χ4v) is 5.19. The summed E-state index contributed by atoms with van der Waals surface area (Å²) in [7, 11) is -3.67. The molecule has 2 aromatic rings. The van der Waals surface area contributed by atoms with Gasteiger partial charge in [0.1, 0.15) is 6.04 Å². The van der Waals surface area contributed by atoms with Gasteiger partial charge in [0, 0.05) is 17.6 Å². The molecule has 0 aromatic heterocycles. The molecule has 1 N–H and O–H groups in total. The molecule has 7 heteroatoms. The fourth-order valence-electron chi connectivity index (χ4n) is 3.38. The van der Waals surface area contributed by atoms with Gasteiger partial charge in [-0.2, -0.15) is 4.31 Å². The number of sulfonamides is 1. The van der Waals surface area contributed by atoms with Crippen LogP contribution in [0.4, 0.5) is 0 Å². The lowest BCUT2D eigenvalue weighted by atomic mass is 10.1. The molecule has 1 fully saturated rings. The Labute approximate surface area is 165 Å². The van der Waals surface area contributed by atoms with Gasteiger partial charge in [0.15, 0.2) is 0 Å². The molecular weight excluding hydrogens is 384 g/mol. The summed E-state index contributed by atoms with van der Waals surface area (Å²) in [5.74, 6) is -0.242. The van der Waals surface area contributed by atoms with Crippen LogP contribution in [0.25, 0.3) is 0 Å². The van der Waals surface area contributed by atoms with Gasteiger partial charge in [-0.25, -0.2) is 8.42 Å². The molecule has 5 nitrogen and oxygen atoms in total. The van der Waals surface area contributed by atoms with Crippen LogP contribution in [-0.2, 0) is 21.2 Å². The van der Waals surface area contributed by atoms with Crippen LogP contribution in [-0.4, -0.2) is 37.3 Å². The number of hydrogen-bond donors (Lipinski definition) is 1. The highest BCUT2D eigenvalue weighted by molar-refractivity contribution is 7.89. The third kappa shape index (κ3) is 4.69. The Morgan fingerprint density at radius 2 is 1.85 bits per heavy atom. The average molecular weight is 407 g/mol. The van der Waals surface area contributed by atoms with E-state index in [2.05, 4.69) is 5.32 Å². The van der Waals surface area contributed by atoms with Crippen LogP contribution >= 0.6 is 11.6 Å². The van der Waals surface area contributed by atoms with E-state index in [1.807, 2.05) is 31.2 Å². The number of carbonyl (C=O) groups excluding carboxylic acids is 1. The molecule has 1 aliphatic heterocycles. The zero-order valence-electron chi connectivity index (χ0n) is 15.1. The van der Waals surface area contributed by atoms with E-state index in [1.54, 1.807) is 30.3 Å². The normalized spacial score (nSPS) is 19.0. The van der Waals surface area contributed by atoms with Crippen molar-refractivity contribution in [1.82, 2.24) is 9.62 Å². The summed E-state index contributed by atoms with van der Waals surface area (Å²) in [6.45, 7) is 2.28. The Bertz CT molecular complexity index is 885. The molecule has 0 unspecified atom stereocenters. The van der Waals surface area contributed by atoms with E-state index < -0.39 is 16.1 Å². The van der Waals surface area contributed by atoms with Crippen molar-refractivity contribution >= 4 is 27.5 Å². The molecule has 2 atom stereocenters. The van der Waals surface area contributed by atoms with Crippen molar-refractivity contribution in [3.63, 3.8) is 0 Å². The van der Waals surface area contributed by atoms with Crippen LogP contribution < -0.4 is 5.32 Å². The molecule has 1 amide bonds. The third-order valence-corrected chi connectivity index (χ3v) is 6.87. The lowest BCUT2D eigenvalue weighted by molar-refractivity contribution is -0.124. The quantitative estimate of drug-likeness (QED) is 0.800.